The highest BCUT2D eigenvalue weighted by molar-refractivity contribution is 9.10. The molecule has 0 unspecified atom stereocenters. The lowest BCUT2D eigenvalue weighted by Crippen LogP contribution is -2.08. The van der Waals surface area contributed by atoms with E-state index in [2.05, 4.69) is 28.0 Å². The van der Waals surface area contributed by atoms with Gasteiger partial charge in [0.1, 0.15) is 4.60 Å². The molecule has 0 aliphatic heterocycles. The molecule has 1 aromatic heterocycles. The molecule has 0 aromatic carbocycles. The van der Waals surface area contributed by atoms with Gasteiger partial charge in [-0.3, -0.25) is 4.68 Å². The maximum Gasteiger partial charge on any atom is 0.359 e. The third-order valence-corrected chi connectivity index (χ3v) is 3.03. The fourth-order valence-electron chi connectivity index (χ4n) is 1.38. The molecule has 0 bridgehead atoms. The maximum atomic E-state index is 11.6. The van der Waals surface area contributed by atoms with E-state index in [9.17, 15) is 4.79 Å². The molecule has 0 atom stereocenters. The summed E-state index contributed by atoms with van der Waals surface area (Å²) in [5, 5.41) is 4.14. The Morgan fingerprint density at radius 2 is 2.20 bits per heavy atom. The van der Waals surface area contributed by atoms with Crippen molar-refractivity contribution in [1.82, 2.24) is 9.78 Å². The van der Waals surface area contributed by atoms with Gasteiger partial charge in [0, 0.05) is 12.6 Å². The predicted molar refractivity (Wildman–Crippen MR) is 60.9 cm³/mol. The lowest BCUT2D eigenvalue weighted by molar-refractivity contribution is 0.0517. The minimum absolute atomic E-state index is 0.345. The van der Waals surface area contributed by atoms with Crippen LogP contribution in [0.15, 0.2) is 4.60 Å². The lowest BCUT2D eigenvalue weighted by Gasteiger charge is -2.00. The number of carbonyl (C=O) groups excluding carboxylic acids is 1. The predicted octanol–water partition coefficient (Wildman–Crippen LogP) is 2.31. The summed E-state index contributed by atoms with van der Waals surface area (Å²) in [6.07, 6.45) is 1.79. The summed E-state index contributed by atoms with van der Waals surface area (Å²) >= 11 is 3.41. The molecule has 0 N–H and O–H groups in total. The standard InChI is InChI=1S/C10H15BrN2O2/c1-4-6-7-8(10(14)15-5-2)12-13(3)9(7)11/h4-6H2,1-3H3. The highest BCUT2D eigenvalue weighted by atomic mass is 79.9. The van der Waals surface area contributed by atoms with Crippen molar-refractivity contribution in [3.63, 3.8) is 0 Å². The molecular weight excluding hydrogens is 260 g/mol. The van der Waals surface area contributed by atoms with Crippen molar-refractivity contribution in [2.45, 2.75) is 26.7 Å². The number of ether oxygens (including phenoxy) is 1. The second-order valence-corrected chi connectivity index (χ2v) is 3.96. The van der Waals surface area contributed by atoms with E-state index in [1.807, 2.05) is 0 Å². The summed E-state index contributed by atoms with van der Waals surface area (Å²) in [4.78, 5) is 11.6. The molecule has 0 spiro atoms. The van der Waals surface area contributed by atoms with Gasteiger partial charge in [-0.05, 0) is 29.3 Å². The van der Waals surface area contributed by atoms with Crippen molar-refractivity contribution in [1.29, 1.82) is 0 Å². The van der Waals surface area contributed by atoms with E-state index in [0.717, 1.165) is 23.0 Å². The molecule has 0 aliphatic carbocycles. The van der Waals surface area contributed by atoms with Gasteiger partial charge in [0.25, 0.3) is 0 Å². The number of aryl methyl sites for hydroxylation is 1. The molecular formula is C10H15BrN2O2. The van der Waals surface area contributed by atoms with Crippen LogP contribution in [0.4, 0.5) is 0 Å². The average Bonchev–Trinajstić information content (AvgIpc) is 2.47. The van der Waals surface area contributed by atoms with E-state index >= 15 is 0 Å². The maximum absolute atomic E-state index is 11.6. The Hall–Kier alpha value is -0.840. The second-order valence-electron chi connectivity index (χ2n) is 3.21. The Balaban J connectivity index is 3.05. The summed E-state index contributed by atoms with van der Waals surface area (Å²) in [6.45, 7) is 4.22. The quantitative estimate of drug-likeness (QED) is 0.792. The summed E-state index contributed by atoms with van der Waals surface area (Å²) in [5.41, 5.74) is 1.35. The number of hydrogen-bond acceptors (Lipinski definition) is 3. The molecule has 1 aromatic rings. The minimum atomic E-state index is -0.345. The fourth-order valence-corrected chi connectivity index (χ4v) is 1.85. The number of hydrogen-bond donors (Lipinski definition) is 0. The first-order chi connectivity index (χ1) is 7.11. The summed E-state index contributed by atoms with van der Waals surface area (Å²) in [5.74, 6) is -0.345. The van der Waals surface area contributed by atoms with Gasteiger partial charge < -0.3 is 4.74 Å². The van der Waals surface area contributed by atoms with E-state index in [0.29, 0.717) is 12.3 Å². The Kier molecular flexibility index (Phi) is 4.32. The summed E-state index contributed by atoms with van der Waals surface area (Å²) in [7, 11) is 1.80. The Morgan fingerprint density at radius 1 is 1.53 bits per heavy atom. The summed E-state index contributed by atoms with van der Waals surface area (Å²) in [6, 6.07) is 0. The Bertz CT molecular complexity index is 361. The van der Waals surface area contributed by atoms with Crippen LogP contribution in [0, 0.1) is 0 Å². The fraction of sp³-hybridized carbons (Fsp3) is 0.600. The Morgan fingerprint density at radius 3 is 2.73 bits per heavy atom. The van der Waals surface area contributed by atoms with Crippen LogP contribution >= 0.6 is 15.9 Å². The van der Waals surface area contributed by atoms with E-state index in [4.69, 9.17) is 4.74 Å². The number of rotatable bonds is 4. The van der Waals surface area contributed by atoms with Crippen LogP contribution in [0.25, 0.3) is 0 Å². The van der Waals surface area contributed by atoms with Gasteiger partial charge in [-0.15, -0.1) is 0 Å². The zero-order valence-electron chi connectivity index (χ0n) is 9.21. The van der Waals surface area contributed by atoms with Crippen LogP contribution in [0.2, 0.25) is 0 Å². The topological polar surface area (TPSA) is 44.1 Å². The first-order valence-electron chi connectivity index (χ1n) is 5.00. The van der Waals surface area contributed by atoms with E-state index in [-0.39, 0.29) is 5.97 Å². The van der Waals surface area contributed by atoms with E-state index in [1.165, 1.54) is 0 Å². The normalized spacial score (nSPS) is 10.4. The molecule has 15 heavy (non-hydrogen) atoms. The van der Waals surface area contributed by atoms with Crippen molar-refractivity contribution in [3.05, 3.63) is 15.9 Å². The molecule has 0 saturated carbocycles. The molecule has 0 fully saturated rings. The van der Waals surface area contributed by atoms with Crippen LogP contribution in [-0.2, 0) is 18.2 Å². The number of esters is 1. The number of carbonyl (C=O) groups is 1. The number of nitrogens with zero attached hydrogens (tertiary/aromatic N) is 2. The van der Waals surface area contributed by atoms with Crippen LogP contribution < -0.4 is 0 Å². The van der Waals surface area contributed by atoms with Crippen LogP contribution in [0.1, 0.15) is 36.3 Å². The highest BCUT2D eigenvalue weighted by Gasteiger charge is 2.20. The molecule has 1 rings (SSSR count). The Labute approximate surface area is 97.7 Å². The van der Waals surface area contributed by atoms with Crippen LogP contribution in [0.5, 0.6) is 0 Å². The van der Waals surface area contributed by atoms with Crippen molar-refractivity contribution in [2.24, 2.45) is 7.05 Å². The molecule has 0 saturated heterocycles. The third kappa shape index (κ3) is 2.59. The average molecular weight is 275 g/mol. The van der Waals surface area contributed by atoms with Crippen molar-refractivity contribution in [2.75, 3.05) is 6.61 Å². The lowest BCUT2D eigenvalue weighted by atomic mass is 10.1. The van der Waals surface area contributed by atoms with Gasteiger partial charge in [-0.25, -0.2) is 4.79 Å². The number of halogens is 1. The molecule has 0 aliphatic rings. The SMILES string of the molecule is CCCc1c(C(=O)OCC)nn(C)c1Br. The van der Waals surface area contributed by atoms with Crippen LogP contribution in [-0.4, -0.2) is 22.4 Å². The van der Waals surface area contributed by atoms with Crippen molar-refractivity contribution in [3.8, 4) is 0 Å². The smallest absolute Gasteiger partial charge is 0.359 e. The third-order valence-electron chi connectivity index (χ3n) is 2.04. The molecule has 84 valence electrons. The van der Waals surface area contributed by atoms with Crippen LogP contribution in [0.3, 0.4) is 0 Å². The van der Waals surface area contributed by atoms with Gasteiger partial charge >= 0.3 is 5.97 Å². The van der Waals surface area contributed by atoms with Gasteiger partial charge in [-0.1, -0.05) is 13.3 Å². The molecule has 4 nitrogen and oxygen atoms in total. The van der Waals surface area contributed by atoms with Crippen molar-refractivity contribution >= 4 is 21.9 Å². The molecule has 5 heteroatoms. The van der Waals surface area contributed by atoms with Gasteiger partial charge in [0.15, 0.2) is 5.69 Å². The zero-order chi connectivity index (χ0) is 11.4. The molecule has 1 heterocycles. The molecule has 0 amide bonds. The summed E-state index contributed by atoms with van der Waals surface area (Å²) < 4.78 is 7.45. The largest absolute Gasteiger partial charge is 0.461 e. The van der Waals surface area contributed by atoms with Gasteiger partial charge in [-0.2, -0.15) is 5.10 Å². The van der Waals surface area contributed by atoms with Gasteiger partial charge in [0.2, 0.25) is 0 Å². The monoisotopic (exact) mass is 274 g/mol. The first-order valence-corrected chi connectivity index (χ1v) is 5.79. The van der Waals surface area contributed by atoms with Gasteiger partial charge in [0.05, 0.1) is 6.61 Å². The van der Waals surface area contributed by atoms with E-state index in [1.54, 1.807) is 18.7 Å². The zero-order valence-corrected chi connectivity index (χ0v) is 10.8. The second kappa shape index (κ2) is 5.30. The molecule has 0 radical (unpaired) electrons. The highest BCUT2D eigenvalue weighted by Crippen LogP contribution is 2.22. The van der Waals surface area contributed by atoms with E-state index < -0.39 is 0 Å². The first kappa shape index (κ1) is 12.2. The van der Waals surface area contributed by atoms with Crippen molar-refractivity contribution < 1.29 is 9.53 Å². The number of aromatic nitrogens is 2. The minimum Gasteiger partial charge on any atom is -0.461 e.